The average Bonchev–Trinajstić information content (AvgIpc) is 3.06. The summed E-state index contributed by atoms with van der Waals surface area (Å²) in [4.78, 5) is 0. The van der Waals surface area contributed by atoms with Crippen LogP contribution in [-0.4, -0.2) is 9.78 Å². The van der Waals surface area contributed by atoms with Crippen LogP contribution >= 0.6 is 11.3 Å². The van der Waals surface area contributed by atoms with E-state index >= 15 is 0 Å². The van der Waals surface area contributed by atoms with Crippen molar-refractivity contribution in [3.8, 4) is 5.69 Å². The Kier molecular flexibility index (Phi) is 2.02. The molecule has 3 aromatic rings. The van der Waals surface area contributed by atoms with Crippen LogP contribution in [0.3, 0.4) is 0 Å². The van der Waals surface area contributed by atoms with Crippen LogP contribution in [0.1, 0.15) is 17.7 Å². The number of aromatic nitrogens is 2. The number of hydrogen-bond acceptors (Lipinski definition) is 3. The molecule has 0 saturated carbocycles. The molecule has 0 spiro atoms. The minimum Gasteiger partial charge on any atom is -0.382 e. The first-order chi connectivity index (χ1) is 8.83. The van der Waals surface area contributed by atoms with Crippen LogP contribution in [0.25, 0.3) is 15.8 Å². The van der Waals surface area contributed by atoms with Crippen LogP contribution in [0.5, 0.6) is 0 Å². The van der Waals surface area contributed by atoms with Gasteiger partial charge in [0.05, 0.1) is 5.69 Å². The van der Waals surface area contributed by atoms with E-state index in [1.54, 1.807) is 11.3 Å². The fraction of sp³-hybridized carbons (Fsp3) is 0.214. The second-order valence-corrected chi connectivity index (χ2v) is 5.67. The van der Waals surface area contributed by atoms with Gasteiger partial charge >= 0.3 is 0 Å². The number of nitrogens with two attached hydrogens (primary N) is 1. The van der Waals surface area contributed by atoms with Gasteiger partial charge in [0.1, 0.15) is 5.82 Å². The van der Waals surface area contributed by atoms with E-state index in [-0.39, 0.29) is 0 Å². The predicted molar refractivity (Wildman–Crippen MR) is 75.4 cm³/mol. The highest BCUT2D eigenvalue weighted by molar-refractivity contribution is 7.17. The third-order valence-electron chi connectivity index (χ3n) is 3.64. The zero-order chi connectivity index (χ0) is 12.1. The highest BCUT2D eigenvalue weighted by Crippen LogP contribution is 2.30. The standard InChI is InChI=1S/C14H13N3S/c15-14-11-2-1-3-12(11)17(16-14)10-4-5-13-9(8-10)6-7-18-13/h4-8H,1-3H2,(H2,15,16). The van der Waals surface area contributed by atoms with Gasteiger partial charge < -0.3 is 5.73 Å². The van der Waals surface area contributed by atoms with E-state index in [4.69, 9.17) is 5.73 Å². The molecule has 0 radical (unpaired) electrons. The molecule has 1 aromatic carbocycles. The lowest BCUT2D eigenvalue weighted by molar-refractivity contribution is 0.789. The molecule has 1 aliphatic rings. The lowest BCUT2D eigenvalue weighted by Crippen LogP contribution is -2.01. The Hall–Kier alpha value is -1.81. The first-order valence-corrected chi connectivity index (χ1v) is 7.05. The quantitative estimate of drug-likeness (QED) is 0.726. The molecular weight excluding hydrogens is 242 g/mol. The Morgan fingerprint density at radius 1 is 1.22 bits per heavy atom. The van der Waals surface area contributed by atoms with E-state index in [1.165, 1.54) is 27.8 Å². The molecule has 0 aliphatic heterocycles. The van der Waals surface area contributed by atoms with Crippen molar-refractivity contribution in [2.24, 2.45) is 0 Å². The summed E-state index contributed by atoms with van der Waals surface area (Å²) < 4.78 is 3.34. The Labute approximate surface area is 109 Å². The zero-order valence-electron chi connectivity index (χ0n) is 9.89. The van der Waals surface area contributed by atoms with Crippen LogP contribution in [0.4, 0.5) is 5.82 Å². The number of nitrogens with zero attached hydrogens (tertiary/aromatic N) is 2. The molecule has 0 amide bonds. The summed E-state index contributed by atoms with van der Waals surface area (Å²) in [6.07, 6.45) is 3.35. The molecule has 4 rings (SSSR count). The van der Waals surface area contributed by atoms with Crippen molar-refractivity contribution in [2.45, 2.75) is 19.3 Å². The number of fused-ring (bicyclic) bond motifs is 2. The molecule has 18 heavy (non-hydrogen) atoms. The van der Waals surface area contributed by atoms with Crippen LogP contribution in [0, 0.1) is 0 Å². The van der Waals surface area contributed by atoms with Gasteiger partial charge in [-0.3, -0.25) is 0 Å². The smallest absolute Gasteiger partial charge is 0.149 e. The zero-order valence-corrected chi connectivity index (χ0v) is 10.7. The van der Waals surface area contributed by atoms with Crippen LogP contribution in [0.15, 0.2) is 29.6 Å². The largest absolute Gasteiger partial charge is 0.382 e. The molecule has 2 N–H and O–H groups in total. The van der Waals surface area contributed by atoms with Crippen molar-refractivity contribution < 1.29 is 0 Å². The number of hydrogen-bond donors (Lipinski definition) is 1. The summed E-state index contributed by atoms with van der Waals surface area (Å²) in [7, 11) is 0. The van der Waals surface area contributed by atoms with Gasteiger partial charge in [-0.05, 0) is 54.3 Å². The van der Waals surface area contributed by atoms with Crippen LogP contribution < -0.4 is 5.73 Å². The fourth-order valence-corrected chi connectivity index (χ4v) is 3.54. The molecule has 0 atom stereocenters. The summed E-state index contributed by atoms with van der Waals surface area (Å²) in [5.74, 6) is 0.702. The molecule has 3 nitrogen and oxygen atoms in total. The van der Waals surface area contributed by atoms with Crippen molar-refractivity contribution in [1.82, 2.24) is 9.78 Å². The highest BCUT2D eigenvalue weighted by Gasteiger charge is 2.21. The third kappa shape index (κ3) is 1.32. The second-order valence-electron chi connectivity index (χ2n) is 4.72. The van der Waals surface area contributed by atoms with Gasteiger partial charge in [0, 0.05) is 16.0 Å². The number of thiophene rings is 1. The highest BCUT2D eigenvalue weighted by atomic mass is 32.1. The lowest BCUT2D eigenvalue weighted by atomic mass is 10.2. The van der Waals surface area contributed by atoms with E-state index < -0.39 is 0 Å². The van der Waals surface area contributed by atoms with Crippen molar-refractivity contribution in [3.05, 3.63) is 40.9 Å². The maximum atomic E-state index is 5.99. The maximum absolute atomic E-state index is 5.99. The maximum Gasteiger partial charge on any atom is 0.149 e. The fourth-order valence-electron chi connectivity index (χ4n) is 2.77. The second kappa shape index (κ2) is 3.59. The molecule has 2 heterocycles. The minimum atomic E-state index is 0.702. The van der Waals surface area contributed by atoms with Crippen molar-refractivity contribution in [1.29, 1.82) is 0 Å². The molecule has 0 unspecified atom stereocenters. The normalized spacial score (nSPS) is 14.2. The van der Waals surface area contributed by atoms with E-state index in [0.29, 0.717) is 5.82 Å². The van der Waals surface area contributed by atoms with Gasteiger partial charge in [-0.25, -0.2) is 4.68 Å². The molecule has 2 aromatic heterocycles. The molecule has 90 valence electrons. The van der Waals surface area contributed by atoms with Gasteiger partial charge in [-0.2, -0.15) is 5.10 Å². The van der Waals surface area contributed by atoms with Crippen LogP contribution in [-0.2, 0) is 12.8 Å². The average molecular weight is 255 g/mol. The van der Waals surface area contributed by atoms with Gasteiger partial charge in [-0.15, -0.1) is 11.3 Å². The van der Waals surface area contributed by atoms with Gasteiger partial charge in [-0.1, -0.05) is 0 Å². The predicted octanol–water partition coefficient (Wildman–Crippen LogP) is 3.16. The Balaban J connectivity index is 1.94. The van der Waals surface area contributed by atoms with Gasteiger partial charge in [0.25, 0.3) is 0 Å². The minimum absolute atomic E-state index is 0.702. The summed E-state index contributed by atoms with van der Waals surface area (Å²) in [6, 6.07) is 8.63. The van der Waals surface area contributed by atoms with Crippen molar-refractivity contribution in [3.63, 3.8) is 0 Å². The first-order valence-electron chi connectivity index (χ1n) is 6.17. The van der Waals surface area contributed by atoms with E-state index in [9.17, 15) is 0 Å². The molecule has 4 heteroatoms. The van der Waals surface area contributed by atoms with Gasteiger partial charge in [0.15, 0.2) is 0 Å². The first kappa shape index (κ1) is 10.1. The summed E-state index contributed by atoms with van der Waals surface area (Å²) >= 11 is 1.77. The Morgan fingerprint density at radius 2 is 2.17 bits per heavy atom. The van der Waals surface area contributed by atoms with E-state index in [2.05, 4.69) is 34.7 Å². The monoisotopic (exact) mass is 255 g/mol. The third-order valence-corrected chi connectivity index (χ3v) is 4.54. The lowest BCUT2D eigenvalue weighted by Gasteiger charge is -2.05. The molecule has 1 aliphatic carbocycles. The van der Waals surface area contributed by atoms with Crippen molar-refractivity contribution >= 4 is 27.2 Å². The Bertz CT molecular complexity index is 739. The number of anilines is 1. The topological polar surface area (TPSA) is 43.8 Å². The molecule has 0 saturated heterocycles. The SMILES string of the molecule is Nc1nn(-c2ccc3sccc3c2)c2c1CCC2. The number of benzene rings is 1. The number of nitrogen functional groups attached to an aromatic ring is 1. The summed E-state index contributed by atoms with van der Waals surface area (Å²) in [6.45, 7) is 0. The molecule has 0 bridgehead atoms. The van der Waals surface area contributed by atoms with Crippen molar-refractivity contribution in [2.75, 3.05) is 5.73 Å². The molecular formula is C14H13N3S. The summed E-state index contributed by atoms with van der Waals surface area (Å²) in [5, 5.41) is 7.89. The van der Waals surface area contributed by atoms with E-state index in [0.717, 1.165) is 18.5 Å². The van der Waals surface area contributed by atoms with Crippen LogP contribution in [0.2, 0.25) is 0 Å². The summed E-state index contributed by atoms with van der Waals surface area (Å²) in [5.41, 5.74) is 9.66. The number of rotatable bonds is 1. The Morgan fingerprint density at radius 3 is 3.11 bits per heavy atom. The molecule has 0 fully saturated rings. The van der Waals surface area contributed by atoms with Gasteiger partial charge in [0.2, 0.25) is 0 Å². The van der Waals surface area contributed by atoms with E-state index in [1.807, 2.05) is 4.68 Å².